The lowest BCUT2D eigenvalue weighted by Crippen LogP contribution is -2.51. The molecule has 1 saturated heterocycles. The highest BCUT2D eigenvalue weighted by molar-refractivity contribution is 7.80. The summed E-state index contributed by atoms with van der Waals surface area (Å²) < 4.78 is 10.3. The van der Waals surface area contributed by atoms with Crippen LogP contribution in [0.15, 0.2) is 0 Å². The van der Waals surface area contributed by atoms with Crippen molar-refractivity contribution in [3.8, 4) is 0 Å². The van der Waals surface area contributed by atoms with E-state index in [2.05, 4.69) is 17.1 Å². The summed E-state index contributed by atoms with van der Waals surface area (Å²) in [5.74, 6) is 0. The molecule has 0 saturated carbocycles. The molecule has 1 unspecified atom stereocenters. The van der Waals surface area contributed by atoms with Gasteiger partial charge in [-0.1, -0.05) is 0 Å². The molecule has 0 aromatic heterocycles. The highest BCUT2D eigenvalue weighted by atomic mass is 32.1. The van der Waals surface area contributed by atoms with Crippen molar-refractivity contribution in [2.24, 2.45) is 0 Å². The number of rotatable bonds is 4. The Morgan fingerprint density at radius 3 is 3.13 bits per heavy atom. The molecule has 5 heteroatoms. The van der Waals surface area contributed by atoms with E-state index in [4.69, 9.17) is 21.7 Å². The molecule has 88 valence electrons. The number of hydrogen-bond donors (Lipinski definition) is 1. The normalized spacial score (nSPS) is 21.5. The Morgan fingerprint density at radius 1 is 1.67 bits per heavy atom. The van der Waals surface area contributed by atoms with Crippen molar-refractivity contribution in [2.45, 2.75) is 19.4 Å². The largest absolute Gasteiger partial charge is 0.385 e. The smallest absolute Gasteiger partial charge is 0.169 e. The first-order chi connectivity index (χ1) is 7.25. The van der Waals surface area contributed by atoms with Gasteiger partial charge >= 0.3 is 0 Å². The second-order valence-electron chi connectivity index (χ2n) is 3.70. The van der Waals surface area contributed by atoms with Crippen molar-refractivity contribution >= 4 is 17.3 Å². The maximum absolute atomic E-state index is 5.36. The minimum absolute atomic E-state index is 0.376. The third-order valence-corrected chi connectivity index (χ3v) is 2.81. The zero-order valence-corrected chi connectivity index (χ0v) is 10.3. The zero-order chi connectivity index (χ0) is 11.1. The van der Waals surface area contributed by atoms with Gasteiger partial charge in [0.2, 0.25) is 0 Å². The number of ether oxygens (including phenoxy) is 2. The highest BCUT2D eigenvalue weighted by Gasteiger charge is 2.20. The SMILES string of the molecule is COCCCNC(=S)N1CCOCC1C. The van der Waals surface area contributed by atoms with Crippen molar-refractivity contribution < 1.29 is 9.47 Å². The van der Waals surface area contributed by atoms with Crippen LogP contribution in [-0.2, 0) is 9.47 Å². The van der Waals surface area contributed by atoms with E-state index in [0.29, 0.717) is 6.04 Å². The van der Waals surface area contributed by atoms with Gasteiger partial charge in [0.25, 0.3) is 0 Å². The summed E-state index contributed by atoms with van der Waals surface area (Å²) in [5, 5.41) is 4.07. The molecular formula is C10H20N2O2S. The first-order valence-electron chi connectivity index (χ1n) is 5.37. The van der Waals surface area contributed by atoms with E-state index in [1.807, 2.05) is 0 Å². The van der Waals surface area contributed by atoms with Gasteiger partial charge in [-0.05, 0) is 25.6 Å². The van der Waals surface area contributed by atoms with Crippen LogP contribution in [0.4, 0.5) is 0 Å². The number of nitrogens with one attached hydrogen (secondary N) is 1. The number of hydrogen-bond acceptors (Lipinski definition) is 3. The molecule has 1 rings (SSSR count). The Balaban J connectivity index is 2.20. The predicted octanol–water partition coefficient (Wildman–Crippen LogP) is 0.618. The minimum Gasteiger partial charge on any atom is -0.385 e. The lowest BCUT2D eigenvalue weighted by atomic mass is 10.3. The Bertz CT molecular complexity index is 202. The summed E-state index contributed by atoms with van der Waals surface area (Å²) in [6.07, 6.45) is 0.982. The Morgan fingerprint density at radius 2 is 2.47 bits per heavy atom. The molecule has 0 aliphatic carbocycles. The molecule has 15 heavy (non-hydrogen) atoms. The first kappa shape index (κ1) is 12.7. The predicted molar refractivity (Wildman–Crippen MR) is 64.1 cm³/mol. The standard InChI is InChI=1S/C10H20N2O2S/c1-9-8-14-7-5-12(9)10(15)11-4-3-6-13-2/h9H,3-8H2,1-2H3,(H,11,15). The Kier molecular flexibility index (Phi) is 5.90. The molecule has 4 nitrogen and oxygen atoms in total. The van der Waals surface area contributed by atoms with Crippen LogP contribution < -0.4 is 5.32 Å². The molecule has 1 N–H and O–H groups in total. The van der Waals surface area contributed by atoms with E-state index in [1.165, 1.54) is 0 Å². The van der Waals surface area contributed by atoms with Crippen molar-refractivity contribution in [3.05, 3.63) is 0 Å². The molecule has 0 spiro atoms. The van der Waals surface area contributed by atoms with Gasteiger partial charge < -0.3 is 19.7 Å². The average molecular weight is 232 g/mol. The van der Waals surface area contributed by atoms with E-state index >= 15 is 0 Å². The highest BCUT2D eigenvalue weighted by Crippen LogP contribution is 2.06. The van der Waals surface area contributed by atoms with Crippen LogP contribution in [0.5, 0.6) is 0 Å². The second kappa shape index (κ2) is 6.98. The van der Waals surface area contributed by atoms with Gasteiger partial charge in [0.1, 0.15) is 0 Å². The number of methoxy groups -OCH3 is 1. The number of morpholine rings is 1. The average Bonchev–Trinajstić information content (AvgIpc) is 2.25. The van der Waals surface area contributed by atoms with Crippen LogP contribution >= 0.6 is 12.2 Å². The van der Waals surface area contributed by atoms with Crippen LogP contribution in [-0.4, -0.2) is 56.1 Å². The maximum Gasteiger partial charge on any atom is 0.169 e. The monoisotopic (exact) mass is 232 g/mol. The van der Waals surface area contributed by atoms with Crippen molar-refractivity contribution in [3.63, 3.8) is 0 Å². The fourth-order valence-corrected chi connectivity index (χ4v) is 1.92. The van der Waals surface area contributed by atoms with Gasteiger partial charge in [-0.25, -0.2) is 0 Å². The van der Waals surface area contributed by atoms with E-state index in [-0.39, 0.29) is 0 Å². The fourth-order valence-electron chi connectivity index (χ4n) is 1.54. The second-order valence-corrected chi connectivity index (χ2v) is 4.08. The molecule has 0 amide bonds. The van der Waals surface area contributed by atoms with Gasteiger partial charge in [0.05, 0.1) is 19.3 Å². The molecule has 0 aromatic rings. The summed E-state index contributed by atoms with van der Waals surface area (Å²) in [7, 11) is 1.71. The maximum atomic E-state index is 5.36. The molecule has 1 atom stereocenters. The Hall–Kier alpha value is -0.390. The van der Waals surface area contributed by atoms with Crippen molar-refractivity contribution in [2.75, 3.05) is 40.0 Å². The summed E-state index contributed by atoms with van der Waals surface area (Å²) in [6.45, 7) is 6.19. The van der Waals surface area contributed by atoms with E-state index in [0.717, 1.165) is 44.4 Å². The molecule has 0 radical (unpaired) electrons. The molecule has 1 fully saturated rings. The molecule has 1 aliphatic rings. The quantitative estimate of drug-likeness (QED) is 0.567. The van der Waals surface area contributed by atoms with Crippen molar-refractivity contribution in [1.82, 2.24) is 10.2 Å². The zero-order valence-electron chi connectivity index (χ0n) is 9.49. The molecule has 1 heterocycles. The summed E-state index contributed by atoms with van der Waals surface area (Å²) in [5.41, 5.74) is 0. The molecule has 0 aromatic carbocycles. The number of thiocarbonyl (C=S) groups is 1. The van der Waals surface area contributed by atoms with E-state index < -0.39 is 0 Å². The van der Waals surface area contributed by atoms with Gasteiger partial charge in [-0.3, -0.25) is 0 Å². The molecule has 0 bridgehead atoms. The minimum atomic E-state index is 0.376. The first-order valence-corrected chi connectivity index (χ1v) is 5.77. The van der Waals surface area contributed by atoms with Crippen molar-refractivity contribution in [1.29, 1.82) is 0 Å². The lowest BCUT2D eigenvalue weighted by molar-refractivity contribution is 0.0328. The lowest BCUT2D eigenvalue weighted by Gasteiger charge is -2.35. The summed E-state index contributed by atoms with van der Waals surface area (Å²) in [4.78, 5) is 2.19. The van der Waals surface area contributed by atoms with Crippen LogP contribution in [0.1, 0.15) is 13.3 Å². The van der Waals surface area contributed by atoms with Gasteiger partial charge in [0, 0.05) is 26.8 Å². The van der Waals surface area contributed by atoms with Gasteiger partial charge in [-0.15, -0.1) is 0 Å². The Labute approximate surface area is 96.9 Å². The third-order valence-electron chi connectivity index (χ3n) is 2.43. The third kappa shape index (κ3) is 4.32. The van der Waals surface area contributed by atoms with Crippen LogP contribution in [0.25, 0.3) is 0 Å². The van der Waals surface area contributed by atoms with E-state index in [9.17, 15) is 0 Å². The topological polar surface area (TPSA) is 33.7 Å². The van der Waals surface area contributed by atoms with Crippen LogP contribution in [0, 0.1) is 0 Å². The summed E-state index contributed by atoms with van der Waals surface area (Å²) >= 11 is 5.32. The summed E-state index contributed by atoms with van der Waals surface area (Å²) in [6, 6.07) is 0.376. The van der Waals surface area contributed by atoms with Crippen LogP contribution in [0.3, 0.4) is 0 Å². The van der Waals surface area contributed by atoms with E-state index in [1.54, 1.807) is 7.11 Å². The van der Waals surface area contributed by atoms with Crippen LogP contribution in [0.2, 0.25) is 0 Å². The molecule has 1 aliphatic heterocycles. The molecular weight excluding hydrogens is 212 g/mol. The van der Waals surface area contributed by atoms with Gasteiger partial charge in [0.15, 0.2) is 5.11 Å². The van der Waals surface area contributed by atoms with Gasteiger partial charge in [-0.2, -0.15) is 0 Å². The number of nitrogens with zero attached hydrogens (tertiary/aromatic N) is 1. The fraction of sp³-hybridized carbons (Fsp3) is 0.900.